The molecule has 1 fully saturated rings. The van der Waals surface area contributed by atoms with Crippen LogP contribution in [0.1, 0.15) is 43.3 Å². The molecule has 1 aliphatic heterocycles. The van der Waals surface area contributed by atoms with Crippen LogP contribution in [0, 0.1) is 0 Å². The zero-order valence-electron chi connectivity index (χ0n) is 15.5. The van der Waals surface area contributed by atoms with Crippen molar-refractivity contribution in [3.05, 3.63) is 22.5 Å². The fourth-order valence-electron chi connectivity index (χ4n) is 3.15. The highest BCUT2D eigenvalue weighted by Crippen LogP contribution is 2.28. The van der Waals surface area contributed by atoms with Crippen molar-refractivity contribution >= 4 is 50.0 Å². The van der Waals surface area contributed by atoms with Crippen LogP contribution in [0.25, 0.3) is 15.3 Å². The first-order chi connectivity index (χ1) is 12.8. The Labute approximate surface area is 164 Å². The maximum atomic E-state index is 12.6. The molecule has 9 heteroatoms. The molecule has 0 saturated carbocycles. The Kier molecular flexibility index (Phi) is 4.59. The number of thiazole rings is 1. The van der Waals surface area contributed by atoms with Crippen LogP contribution in [-0.4, -0.2) is 51.0 Å². The Morgan fingerprint density at radius 1 is 1.30 bits per heavy atom. The molecule has 0 bridgehead atoms. The summed E-state index contributed by atoms with van der Waals surface area (Å²) in [4.78, 5) is 33.5. The molecule has 27 heavy (non-hydrogen) atoms. The van der Waals surface area contributed by atoms with Crippen LogP contribution < -0.4 is 5.32 Å². The van der Waals surface area contributed by atoms with E-state index in [4.69, 9.17) is 4.74 Å². The molecular weight excluding hydrogens is 384 g/mol. The van der Waals surface area contributed by atoms with Crippen molar-refractivity contribution in [3.63, 3.8) is 0 Å². The maximum absolute atomic E-state index is 12.6. The van der Waals surface area contributed by atoms with E-state index in [9.17, 15) is 9.59 Å². The Morgan fingerprint density at radius 2 is 2.04 bits per heavy atom. The number of carbonyl (C=O) groups excluding carboxylic acids is 2. The van der Waals surface area contributed by atoms with Gasteiger partial charge in [-0.05, 0) is 39.7 Å². The van der Waals surface area contributed by atoms with Gasteiger partial charge in [-0.15, -0.1) is 22.7 Å². The zero-order valence-corrected chi connectivity index (χ0v) is 17.2. The SMILES string of the molecule is CC(C)(C)OC(=O)N1CCC(NC(=O)c2cc3c(nc4sccn43)s2)CC1. The average molecular weight is 407 g/mol. The van der Waals surface area contributed by atoms with Gasteiger partial charge in [-0.2, -0.15) is 0 Å². The molecule has 3 aromatic rings. The number of piperidine rings is 1. The first-order valence-corrected chi connectivity index (χ1v) is 10.6. The summed E-state index contributed by atoms with van der Waals surface area (Å²) in [6.45, 7) is 6.76. The van der Waals surface area contributed by atoms with Crippen LogP contribution >= 0.6 is 22.7 Å². The van der Waals surface area contributed by atoms with Crippen LogP contribution in [0.3, 0.4) is 0 Å². The van der Waals surface area contributed by atoms with Gasteiger partial charge in [0.25, 0.3) is 5.91 Å². The average Bonchev–Trinajstić information content (AvgIpc) is 3.25. The minimum Gasteiger partial charge on any atom is -0.444 e. The predicted octanol–water partition coefficient (Wildman–Crippen LogP) is 3.74. The van der Waals surface area contributed by atoms with Crippen LogP contribution in [0.4, 0.5) is 4.79 Å². The molecule has 1 saturated heterocycles. The molecule has 0 atom stereocenters. The molecule has 0 radical (unpaired) electrons. The van der Waals surface area contributed by atoms with E-state index in [1.54, 1.807) is 16.2 Å². The van der Waals surface area contributed by atoms with Gasteiger partial charge in [-0.3, -0.25) is 9.20 Å². The number of aromatic nitrogens is 2. The smallest absolute Gasteiger partial charge is 0.410 e. The van der Waals surface area contributed by atoms with E-state index in [1.807, 2.05) is 42.8 Å². The van der Waals surface area contributed by atoms with Gasteiger partial charge in [0.1, 0.15) is 10.4 Å². The van der Waals surface area contributed by atoms with Gasteiger partial charge in [-0.25, -0.2) is 9.78 Å². The topological polar surface area (TPSA) is 75.9 Å². The van der Waals surface area contributed by atoms with Crippen molar-refractivity contribution in [2.45, 2.75) is 45.3 Å². The first kappa shape index (κ1) is 18.2. The predicted molar refractivity (Wildman–Crippen MR) is 107 cm³/mol. The van der Waals surface area contributed by atoms with Gasteiger partial charge in [0.2, 0.25) is 0 Å². The lowest BCUT2D eigenvalue weighted by Crippen LogP contribution is -2.47. The Hall–Kier alpha value is -2.13. The van der Waals surface area contributed by atoms with Gasteiger partial charge in [0.05, 0.1) is 10.4 Å². The molecule has 2 amide bonds. The van der Waals surface area contributed by atoms with Crippen LogP contribution in [0.5, 0.6) is 0 Å². The summed E-state index contributed by atoms with van der Waals surface area (Å²) in [6.07, 6.45) is 3.14. The second-order valence-corrected chi connectivity index (χ2v) is 9.59. The van der Waals surface area contributed by atoms with Crippen LogP contribution in [-0.2, 0) is 4.74 Å². The summed E-state index contributed by atoms with van der Waals surface area (Å²) in [6, 6.07) is 1.96. The van der Waals surface area contributed by atoms with E-state index < -0.39 is 5.60 Å². The molecule has 4 rings (SSSR count). The van der Waals surface area contributed by atoms with Crippen molar-refractivity contribution in [2.24, 2.45) is 0 Å². The Bertz CT molecular complexity index is 989. The number of thiophene rings is 1. The minimum absolute atomic E-state index is 0.0643. The fourth-order valence-corrected chi connectivity index (χ4v) is 4.85. The normalized spacial score (nSPS) is 16.2. The number of nitrogens with one attached hydrogen (secondary N) is 1. The van der Waals surface area contributed by atoms with Crippen molar-refractivity contribution in [3.8, 4) is 0 Å². The molecule has 0 aromatic carbocycles. The number of nitrogens with zero attached hydrogens (tertiary/aromatic N) is 3. The van der Waals surface area contributed by atoms with Gasteiger partial charge >= 0.3 is 6.09 Å². The number of carbonyl (C=O) groups is 2. The highest BCUT2D eigenvalue weighted by Gasteiger charge is 2.28. The third-order valence-electron chi connectivity index (χ3n) is 4.45. The van der Waals surface area contributed by atoms with Crippen LogP contribution in [0.2, 0.25) is 0 Å². The van der Waals surface area contributed by atoms with Crippen LogP contribution in [0.15, 0.2) is 17.6 Å². The number of hydrogen-bond donors (Lipinski definition) is 1. The van der Waals surface area contributed by atoms with Gasteiger partial charge in [0.15, 0.2) is 4.96 Å². The summed E-state index contributed by atoms with van der Waals surface area (Å²) in [5, 5.41) is 5.08. The van der Waals surface area contributed by atoms with E-state index in [0.29, 0.717) is 18.0 Å². The number of rotatable bonds is 2. The van der Waals surface area contributed by atoms with E-state index in [0.717, 1.165) is 28.1 Å². The number of amides is 2. The monoisotopic (exact) mass is 406 g/mol. The quantitative estimate of drug-likeness (QED) is 0.703. The van der Waals surface area contributed by atoms with Gasteiger partial charge in [0, 0.05) is 30.7 Å². The Balaban J connectivity index is 1.35. The summed E-state index contributed by atoms with van der Waals surface area (Å²) >= 11 is 3.00. The summed E-state index contributed by atoms with van der Waals surface area (Å²) < 4.78 is 7.42. The summed E-state index contributed by atoms with van der Waals surface area (Å²) in [5.74, 6) is -0.0716. The maximum Gasteiger partial charge on any atom is 0.410 e. The van der Waals surface area contributed by atoms with Crippen molar-refractivity contribution < 1.29 is 14.3 Å². The second-order valence-electron chi connectivity index (χ2n) is 7.68. The third-order valence-corrected chi connectivity index (χ3v) is 6.22. The van der Waals surface area contributed by atoms with Gasteiger partial charge < -0.3 is 15.0 Å². The first-order valence-electron chi connectivity index (χ1n) is 8.94. The number of hydrogen-bond acceptors (Lipinski definition) is 6. The molecule has 4 heterocycles. The van der Waals surface area contributed by atoms with Crippen molar-refractivity contribution in [1.29, 1.82) is 0 Å². The van der Waals surface area contributed by atoms with E-state index in [-0.39, 0.29) is 18.0 Å². The lowest BCUT2D eigenvalue weighted by atomic mass is 10.1. The lowest BCUT2D eigenvalue weighted by Gasteiger charge is -2.33. The molecule has 7 nitrogen and oxygen atoms in total. The number of fused-ring (bicyclic) bond motifs is 3. The van der Waals surface area contributed by atoms with Crippen molar-refractivity contribution in [1.82, 2.24) is 19.6 Å². The largest absolute Gasteiger partial charge is 0.444 e. The van der Waals surface area contributed by atoms with Crippen molar-refractivity contribution in [2.75, 3.05) is 13.1 Å². The third kappa shape index (κ3) is 3.79. The molecule has 3 aromatic heterocycles. The molecule has 0 aliphatic carbocycles. The summed E-state index contributed by atoms with van der Waals surface area (Å²) in [7, 11) is 0. The van der Waals surface area contributed by atoms with E-state index in [2.05, 4.69) is 10.3 Å². The molecular formula is C18H22N4O3S2. The molecule has 0 spiro atoms. The standard InChI is InChI=1S/C18H22N4O3S2/c1-18(2,3)25-17(24)21-6-4-11(5-7-21)19-14(23)13-10-12-15(27-13)20-16-22(12)8-9-26-16/h8-11H,4-7H2,1-3H3,(H,19,23). The number of imidazole rings is 1. The molecule has 144 valence electrons. The second kappa shape index (κ2) is 6.79. The Morgan fingerprint density at radius 3 is 2.74 bits per heavy atom. The highest BCUT2D eigenvalue weighted by atomic mass is 32.1. The van der Waals surface area contributed by atoms with Gasteiger partial charge in [-0.1, -0.05) is 0 Å². The van der Waals surface area contributed by atoms with E-state index >= 15 is 0 Å². The molecule has 0 unspecified atom stereocenters. The zero-order chi connectivity index (χ0) is 19.2. The fraction of sp³-hybridized carbons (Fsp3) is 0.500. The van der Waals surface area contributed by atoms with E-state index in [1.165, 1.54) is 11.3 Å². The highest BCUT2D eigenvalue weighted by molar-refractivity contribution is 7.21. The molecule has 1 N–H and O–H groups in total. The minimum atomic E-state index is -0.493. The molecule has 1 aliphatic rings. The lowest BCUT2D eigenvalue weighted by molar-refractivity contribution is 0.0200. The summed E-state index contributed by atoms with van der Waals surface area (Å²) in [5.41, 5.74) is 0.480. The number of likely N-dealkylation sites (tertiary alicyclic amines) is 1. The number of ether oxygens (including phenoxy) is 1.